The second-order valence-electron chi connectivity index (χ2n) is 9.90. The number of nitrogens with one attached hydrogen (secondary N) is 2. The Kier molecular flexibility index (Phi) is 8.06. The predicted molar refractivity (Wildman–Crippen MR) is 162 cm³/mol. The number of likely N-dealkylation sites (N-methyl/N-ethyl adjacent to an activating group) is 2. The molecular formula is C30H33N9O2. The molecule has 0 saturated carbocycles. The summed E-state index contributed by atoms with van der Waals surface area (Å²) in [6.07, 6.45) is 6.67. The summed E-state index contributed by atoms with van der Waals surface area (Å²) in [5.41, 5.74) is 5.16. The quantitative estimate of drug-likeness (QED) is 0.260. The van der Waals surface area contributed by atoms with Gasteiger partial charge in [0, 0.05) is 68.3 Å². The lowest BCUT2D eigenvalue weighted by Crippen LogP contribution is -2.29. The van der Waals surface area contributed by atoms with Gasteiger partial charge in [-0.1, -0.05) is 18.2 Å². The Hall–Kier alpha value is -5.03. The number of anilines is 4. The van der Waals surface area contributed by atoms with Crippen LogP contribution < -0.4 is 20.3 Å². The molecule has 0 aliphatic heterocycles. The van der Waals surface area contributed by atoms with Gasteiger partial charge in [0.25, 0.3) is 5.91 Å². The van der Waals surface area contributed by atoms with Crippen LogP contribution in [0.5, 0.6) is 5.75 Å². The molecule has 0 radical (unpaired) electrons. The minimum atomic E-state index is -0.347. The molecule has 0 atom stereocenters. The molecule has 3 heterocycles. The normalized spacial score (nSPS) is 11.1. The van der Waals surface area contributed by atoms with E-state index in [4.69, 9.17) is 9.72 Å². The van der Waals surface area contributed by atoms with Crippen LogP contribution in [0.15, 0.2) is 73.4 Å². The van der Waals surface area contributed by atoms with Crippen molar-refractivity contribution in [3.05, 3.63) is 79.1 Å². The number of fused-ring (bicyclic) bond motifs is 1. The zero-order chi connectivity index (χ0) is 28.9. The van der Waals surface area contributed by atoms with Crippen LogP contribution in [0.2, 0.25) is 0 Å². The van der Waals surface area contributed by atoms with Crippen LogP contribution in [0.4, 0.5) is 23.0 Å². The van der Waals surface area contributed by atoms with Gasteiger partial charge in [-0.2, -0.15) is 0 Å². The van der Waals surface area contributed by atoms with E-state index in [1.807, 2.05) is 58.5 Å². The van der Waals surface area contributed by atoms with Gasteiger partial charge in [-0.25, -0.2) is 19.9 Å². The Balaban J connectivity index is 1.51. The van der Waals surface area contributed by atoms with Crippen molar-refractivity contribution in [3.8, 4) is 17.0 Å². The molecule has 210 valence electrons. The number of ether oxygens (including phenoxy) is 1. The van der Waals surface area contributed by atoms with Gasteiger partial charge in [0.1, 0.15) is 17.8 Å². The molecule has 5 aromatic rings. The molecule has 0 spiro atoms. The number of benzene rings is 2. The van der Waals surface area contributed by atoms with Gasteiger partial charge in [0.15, 0.2) is 0 Å². The third-order valence-electron chi connectivity index (χ3n) is 6.75. The van der Waals surface area contributed by atoms with E-state index in [-0.39, 0.29) is 11.6 Å². The van der Waals surface area contributed by atoms with Crippen molar-refractivity contribution < 1.29 is 9.53 Å². The Morgan fingerprint density at radius 1 is 1.00 bits per heavy atom. The predicted octanol–water partition coefficient (Wildman–Crippen LogP) is 4.43. The molecule has 11 nitrogen and oxygen atoms in total. The smallest absolute Gasteiger partial charge is 0.274 e. The van der Waals surface area contributed by atoms with Gasteiger partial charge >= 0.3 is 0 Å². The Morgan fingerprint density at radius 2 is 1.83 bits per heavy atom. The molecule has 5 rings (SSSR count). The number of aromatic nitrogens is 5. The van der Waals surface area contributed by atoms with Gasteiger partial charge in [-0.15, -0.1) is 0 Å². The van der Waals surface area contributed by atoms with Crippen molar-refractivity contribution in [2.45, 2.75) is 0 Å². The Bertz CT molecular complexity index is 1670. The minimum Gasteiger partial charge on any atom is -0.494 e. The molecular weight excluding hydrogens is 518 g/mol. The molecule has 3 aromatic heterocycles. The molecule has 11 heteroatoms. The number of para-hydroxylation sites is 1. The fourth-order valence-electron chi connectivity index (χ4n) is 4.57. The maximum Gasteiger partial charge on any atom is 0.274 e. The first-order valence-electron chi connectivity index (χ1n) is 13.1. The molecule has 0 aliphatic carbocycles. The summed E-state index contributed by atoms with van der Waals surface area (Å²) in [7, 11) is 9.64. The zero-order valence-electron chi connectivity index (χ0n) is 23.8. The summed E-state index contributed by atoms with van der Waals surface area (Å²) < 4.78 is 7.85. The van der Waals surface area contributed by atoms with E-state index in [1.54, 1.807) is 19.4 Å². The van der Waals surface area contributed by atoms with Crippen LogP contribution in [0.1, 0.15) is 10.5 Å². The Labute approximate surface area is 238 Å². The standard InChI is InChI=1S/C30H33N9O2/c1-37(2)14-15-38(3)27-17-28(41-5)25(16-24(27)34-29(40)23-10-12-31-19-33-23)36-30-32-13-11-22(35-30)21-18-39(4)26-9-7-6-8-20(21)26/h6-13,16-19H,14-15H2,1-5H3,(H,34,40)(H,32,35,36). The zero-order valence-corrected chi connectivity index (χ0v) is 23.8. The highest BCUT2D eigenvalue weighted by Gasteiger charge is 2.19. The molecule has 2 N–H and O–H groups in total. The van der Waals surface area contributed by atoms with Crippen LogP contribution in [-0.4, -0.2) is 76.7 Å². The summed E-state index contributed by atoms with van der Waals surface area (Å²) in [6.45, 7) is 1.56. The van der Waals surface area contributed by atoms with Gasteiger partial charge in [-0.3, -0.25) is 4.79 Å². The first kappa shape index (κ1) is 27.5. The summed E-state index contributed by atoms with van der Waals surface area (Å²) in [4.78, 5) is 34.5. The topological polar surface area (TPSA) is 113 Å². The van der Waals surface area contributed by atoms with Crippen molar-refractivity contribution in [2.75, 3.05) is 56.9 Å². The van der Waals surface area contributed by atoms with E-state index >= 15 is 0 Å². The van der Waals surface area contributed by atoms with Crippen LogP contribution in [0.3, 0.4) is 0 Å². The van der Waals surface area contributed by atoms with Crippen LogP contribution in [0.25, 0.3) is 22.2 Å². The second kappa shape index (κ2) is 12.0. The van der Waals surface area contributed by atoms with Crippen molar-refractivity contribution in [2.24, 2.45) is 7.05 Å². The maximum absolute atomic E-state index is 13.1. The molecule has 1 amide bonds. The lowest BCUT2D eigenvalue weighted by atomic mass is 10.1. The first-order chi connectivity index (χ1) is 19.8. The maximum atomic E-state index is 13.1. The first-order valence-corrected chi connectivity index (χ1v) is 13.1. The van der Waals surface area contributed by atoms with Gasteiger partial charge in [0.05, 0.1) is 29.9 Å². The van der Waals surface area contributed by atoms with E-state index in [1.165, 1.54) is 12.5 Å². The fourth-order valence-corrected chi connectivity index (χ4v) is 4.57. The van der Waals surface area contributed by atoms with Crippen LogP contribution in [-0.2, 0) is 7.05 Å². The minimum absolute atomic E-state index is 0.262. The third kappa shape index (κ3) is 6.10. The molecule has 41 heavy (non-hydrogen) atoms. The van der Waals surface area contributed by atoms with E-state index in [0.29, 0.717) is 23.1 Å². The summed E-state index contributed by atoms with van der Waals surface area (Å²) in [5.74, 6) is 0.631. The summed E-state index contributed by atoms with van der Waals surface area (Å²) >= 11 is 0. The lowest BCUT2D eigenvalue weighted by Gasteiger charge is -2.26. The van der Waals surface area contributed by atoms with Crippen molar-refractivity contribution in [1.29, 1.82) is 0 Å². The van der Waals surface area contributed by atoms with E-state index in [9.17, 15) is 4.79 Å². The third-order valence-corrected chi connectivity index (χ3v) is 6.75. The van der Waals surface area contributed by atoms with Crippen LogP contribution in [0, 0.1) is 0 Å². The second-order valence-corrected chi connectivity index (χ2v) is 9.90. The highest BCUT2D eigenvalue weighted by molar-refractivity contribution is 6.05. The van der Waals surface area contributed by atoms with E-state index < -0.39 is 0 Å². The molecule has 0 saturated heterocycles. The molecule has 0 bridgehead atoms. The van der Waals surface area contributed by atoms with Crippen molar-refractivity contribution in [1.82, 2.24) is 29.4 Å². The largest absolute Gasteiger partial charge is 0.494 e. The lowest BCUT2D eigenvalue weighted by molar-refractivity contribution is 0.102. The Morgan fingerprint density at radius 3 is 2.59 bits per heavy atom. The number of carbonyl (C=O) groups excluding carboxylic acids is 1. The van der Waals surface area contributed by atoms with Crippen LogP contribution >= 0.6 is 0 Å². The number of aryl methyl sites for hydroxylation is 1. The molecule has 0 unspecified atom stereocenters. The highest BCUT2D eigenvalue weighted by atomic mass is 16.5. The molecule has 0 aliphatic rings. The summed E-state index contributed by atoms with van der Waals surface area (Å²) in [6, 6.07) is 15.4. The number of hydrogen-bond acceptors (Lipinski definition) is 9. The van der Waals surface area contributed by atoms with Crippen molar-refractivity contribution in [3.63, 3.8) is 0 Å². The van der Waals surface area contributed by atoms with Gasteiger partial charge < -0.3 is 29.7 Å². The molecule has 0 fully saturated rings. The SMILES string of the molecule is COc1cc(N(C)CCN(C)C)c(NC(=O)c2ccncn2)cc1Nc1nccc(-c2cn(C)c3ccccc23)n1. The number of methoxy groups -OCH3 is 1. The number of carbonyl (C=O) groups is 1. The van der Waals surface area contributed by atoms with E-state index in [0.717, 1.165) is 40.9 Å². The monoisotopic (exact) mass is 551 g/mol. The van der Waals surface area contributed by atoms with E-state index in [2.05, 4.69) is 58.3 Å². The van der Waals surface area contributed by atoms with Gasteiger partial charge in [0.2, 0.25) is 5.95 Å². The molecule has 2 aromatic carbocycles. The number of hydrogen-bond donors (Lipinski definition) is 2. The van der Waals surface area contributed by atoms with Crippen molar-refractivity contribution >= 4 is 39.8 Å². The highest BCUT2D eigenvalue weighted by Crippen LogP contribution is 2.38. The number of amides is 1. The number of nitrogens with zero attached hydrogens (tertiary/aromatic N) is 7. The fraction of sp³-hybridized carbons (Fsp3) is 0.233. The average molecular weight is 552 g/mol. The summed E-state index contributed by atoms with van der Waals surface area (Å²) in [5, 5.41) is 7.42. The average Bonchev–Trinajstić information content (AvgIpc) is 3.33. The number of rotatable bonds is 10. The van der Waals surface area contributed by atoms with Gasteiger partial charge in [-0.05, 0) is 38.4 Å².